The quantitative estimate of drug-likeness (QED) is 0.540. The molecule has 1 heterocycles. The van der Waals surface area contributed by atoms with E-state index in [1.54, 1.807) is 0 Å². The third kappa shape index (κ3) is 4.79. The minimum absolute atomic E-state index is 0.00119. The van der Waals surface area contributed by atoms with E-state index in [0.29, 0.717) is 18.7 Å². The molecule has 171 valence electrons. The summed E-state index contributed by atoms with van der Waals surface area (Å²) in [4.78, 5) is 16.0. The number of piperidine rings is 1. The van der Waals surface area contributed by atoms with E-state index in [-0.39, 0.29) is 36.8 Å². The standard InChI is InChI=1S/C29H32NO3/c1-20-10-9-15-25(21(20)2)28-26(22-11-5-3-6-12-22)16-30(24(18-31)19-32)17-27(28)29(33)23-13-7-4-8-14-23/h3-11,13-15,24,26-28,31-32H,16-19H2,1-2H3/t26-,27+,28+/m1/s1. The van der Waals surface area contributed by atoms with Gasteiger partial charge < -0.3 is 10.2 Å². The van der Waals surface area contributed by atoms with Gasteiger partial charge in [-0.3, -0.25) is 9.69 Å². The molecule has 3 aromatic rings. The highest BCUT2D eigenvalue weighted by atomic mass is 16.3. The highest BCUT2D eigenvalue weighted by Gasteiger charge is 2.44. The normalized spacial score (nSPS) is 21.3. The number of carbonyl (C=O) groups is 1. The lowest BCUT2D eigenvalue weighted by Crippen LogP contribution is -2.53. The molecule has 0 amide bonds. The summed E-state index contributed by atoms with van der Waals surface area (Å²) in [5, 5.41) is 19.9. The van der Waals surface area contributed by atoms with Crippen LogP contribution in [-0.2, 0) is 0 Å². The van der Waals surface area contributed by atoms with Crippen molar-refractivity contribution in [3.63, 3.8) is 0 Å². The number of benzene rings is 3. The molecule has 0 saturated carbocycles. The lowest BCUT2D eigenvalue weighted by atomic mass is 9.67. The van der Waals surface area contributed by atoms with Crippen molar-refractivity contribution in [2.24, 2.45) is 5.92 Å². The molecule has 33 heavy (non-hydrogen) atoms. The number of aliphatic hydroxyl groups is 2. The van der Waals surface area contributed by atoms with Crippen molar-refractivity contribution in [1.82, 2.24) is 4.90 Å². The molecule has 1 fully saturated rings. The molecule has 0 unspecified atom stereocenters. The number of hydrogen-bond acceptors (Lipinski definition) is 4. The molecule has 2 N–H and O–H groups in total. The first-order chi connectivity index (χ1) is 16.0. The number of likely N-dealkylation sites (tertiary alicyclic amines) is 1. The Hall–Kier alpha value is -2.79. The average molecular weight is 443 g/mol. The van der Waals surface area contributed by atoms with Gasteiger partial charge in [-0.1, -0.05) is 72.8 Å². The Morgan fingerprint density at radius 1 is 0.970 bits per heavy atom. The minimum atomic E-state index is -0.401. The zero-order valence-corrected chi connectivity index (χ0v) is 19.3. The number of carbonyl (C=O) groups excluding carboxylic acids is 1. The predicted octanol–water partition coefficient (Wildman–Crippen LogP) is 4.14. The van der Waals surface area contributed by atoms with E-state index in [9.17, 15) is 15.0 Å². The molecule has 4 nitrogen and oxygen atoms in total. The molecule has 0 aromatic heterocycles. The van der Waals surface area contributed by atoms with Gasteiger partial charge in [-0.15, -0.1) is 0 Å². The number of rotatable bonds is 7. The van der Waals surface area contributed by atoms with Gasteiger partial charge in [0.1, 0.15) is 0 Å². The zero-order valence-electron chi connectivity index (χ0n) is 19.3. The van der Waals surface area contributed by atoms with Crippen molar-refractivity contribution in [1.29, 1.82) is 0 Å². The Morgan fingerprint density at radius 3 is 2.36 bits per heavy atom. The lowest BCUT2D eigenvalue weighted by molar-refractivity contribution is 0.0272. The van der Waals surface area contributed by atoms with E-state index >= 15 is 0 Å². The second-order valence-corrected chi connectivity index (χ2v) is 9.05. The fourth-order valence-corrected chi connectivity index (χ4v) is 5.23. The molecule has 4 rings (SSSR count). The Bertz CT molecular complexity index is 1060. The summed E-state index contributed by atoms with van der Waals surface area (Å²) in [5.74, 6) is -0.258. The van der Waals surface area contributed by atoms with Crippen LogP contribution in [0.5, 0.6) is 0 Å². The second-order valence-electron chi connectivity index (χ2n) is 9.05. The van der Waals surface area contributed by atoms with Gasteiger partial charge in [-0.05, 0) is 42.2 Å². The van der Waals surface area contributed by atoms with Gasteiger partial charge in [0.05, 0.1) is 19.3 Å². The van der Waals surface area contributed by atoms with Crippen LogP contribution in [0.4, 0.5) is 0 Å². The summed E-state index contributed by atoms with van der Waals surface area (Å²) in [6.45, 7) is 5.07. The van der Waals surface area contributed by atoms with Crippen LogP contribution < -0.4 is 0 Å². The van der Waals surface area contributed by atoms with Crippen LogP contribution in [0, 0.1) is 25.8 Å². The van der Waals surface area contributed by atoms with Crippen molar-refractivity contribution >= 4 is 5.78 Å². The summed E-state index contributed by atoms with van der Waals surface area (Å²) < 4.78 is 0. The SMILES string of the molecule is Cc1cccc([C@@H]2[C@@H](C(=O)c3ccccc3)CN(C(CO)CO)C[C@@H]2c2[c]cccc2)c1C. The van der Waals surface area contributed by atoms with Crippen molar-refractivity contribution in [3.8, 4) is 0 Å². The van der Waals surface area contributed by atoms with Gasteiger partial charge in [-0.25, -0.2) is 0 Å². The fourth-order valence-electron chi connectivity index (χ4n) is 5.23. The van der Waals surface area contributed by atoms with Crippen LogP contribution >= 0.6 is 0 Å². The molecule has 1 aliphatic rings. The summed E-state index contributed by atoms with van der Waals surface area (Å²) in [7, 11) is 0. The van der Waals surface area contributed by atoms with E-state index in [0.717, 1.165) is 5.56 Å². The van der Waals surface area contributed by atoms with Gasteiger partial charge in [0.2, 0.25) is 0 Å². The van der Waals surface area contributed by atoms with Crippen molar-refractivity contribution < 1.29 is 15.0 Å². The minimum Gasteiger partial charge on any atom is -0.395 e. The van der Waals surface area contributed by atoms with Crippen molar-refractivity contribution in [2.45, 2.75) is 31.7 Å². The van der Waals surface area contributed by atoms with Gasteiger partial charge in [-0.2, -0.15) is 0 Å². The maximum absolute atomic E-state index is 13.9. The number of aryl methyl sites for hydroxylation is 1. The predicted molar refractivity (Wildman–Crippen MR) is 130 cm³/mol. The Kier molecular flexibility index (Phi) is 7.39. The highest BCUT2D eigenvalue weighted by molar-refractivity contribution is 5.98. The first kappa shape index (κ1) is 23.4. The van der Waals surface area contributed by atoms with Crippen LogP contribution in [0.15, 0.2) is 72.8 Å². The average Bonchev–Trinajstić information content (AvgIpc) is 2.87. The van der Waals surface area contributed by atoms with Crippen LogP contribution in [0.1, 0.15) is 44.4 Å². The highest BCUT2D eigenvalue weighted by Crippen LogP contribution is 2.46. The number of Topliss-reactive ketones (excluding diaryl/α,β-unsaturated/α-hetero) is 1. The number of hydrogen-bond donors (Lipinski definition) is 2. The summed E-state index contributed by atoms with van der Waals surface area (Å²) >= 11 is 0. The first-order valence-corrected chi connectivity index (χ1v) is 11.6. The molecule has 4 heteroatoms. The number of nitrogens with zero attached hydrogens (tertiary/aromatic N) is 1. The third-order valence-electron chi connectivity index (χ3n) is 7.20. The van der Waals surface area contributed by atoms with Crippen LogP contribution in [0.2, 0.25) is 0 Å². The number of aliphatic hydroxyl groups excluding tert-OH is 2. The fraction of sp³-hybridized carbons (Fsp3) is 0.345. The first-order valence-electron chi connectivity index (χ1n) is 11.6. The molecular formula is C29H32NO3. The van der Waals surface area contributed by atoms with Gasteiger partial charge in [0.15, 0.2) is 5.78 Å². The molecule has 3 atom stereocenters. The van der Waals surface area contributed by atoms with Crippen LogP contribution in [0.25, 0.3) is 0 Å². The summed E-state index contributed by atoms with van der Waals surface area (Å²) in [6.07, 6.45) is 0. The molecular weight excluding hydrogens is 410 g/mol. The molecule has 0 bridgehead atoms. The largest absolute Gasteiger partial charge is 0.395 e. The van der Waals surface area contributed by atoms with Crippen molar-refractivity contribution in [2.75, 3.05) is 26.3 Å². The summed E-state index contributed by atoms with van der Waals surface area (Å²) in [6, 6.07) is 26.7. The Balaban J connectivity index is 1.87. The molecule has 1 aliphatic heterocycles. The Morgan fingerprint density at radius 2 is 1.70 bits per heavy atom. The van der Waals surface area contributed by atoms with E-state index in [1.807, 2.05) is 48.5 Å². The molecule has 1 radical (unpaired) electrons. The van der Waals surface area contributed by atoms with Crippen molar-refractivity contribution in [3.05, 3.63) is 107 Å². The van der Waals surface area contributed by atoms with Gasteiger partial charge in [0, 0.05) is 36.4 Å². The summed E-state index contributed by atoms with van der Waals surface area (Å²) in [5.41, 5.74) is 5.35. The monoisotopic (exact) mass is 442 g/mol. The Labute approximate surface area is 196 Å². The molecule has 0 aliphatic carbocycles. The van der Waals surface area contributed by atoms with E-state index in [1.165, 1.54) is 16.7 Å². The topological polar surface area (TPSA) is 60.8 Å². The zero-order chi connectivity index (χ0) is 23.4. The molecule has 1 saturated heterocycles. The van der Waals surface area contributed by atoms with Crippen LogP contribution in [0.3, 0.4) is 0 Å². The maximum Gasteiger partial charge on any atom is 0.167 e. The van der Waals surface area contributed by atoms with Gasteiger partial charge in [0.25, 0.3) is 0 Å². The van der Waals surface area contributed by atoms with E-state index in [2.05, 4.69) is 49.1 Å². The molecule has 3 aromatic carbocycles. The molecule has 0 spiro atoms. The van der Waals surface area contributed by atoms with Gasteiger partial charge >= 0.3 is 0 Å². The third-order valence-corrected chi connectivity index (χ3v) is 7.20. The second kappa shape index (κ2) is 10.4. The van der Waals surface area contributed by atoms with E-state index in [4.69, 9.17) is 0 Å². The van der Waals surface area contributed by atoms with Crippen LogP contribution in [-0.4, -0.2) is 53.2 Å². The smallest absolute Gasteiger partial charge is 0.167 e. The maximum atomic E-state index is 13.9. The van der Waals surface area contributed by atoms with E-state index < -0.39 is 6.04 Å². The lowest BCUT2D eigenvalue weighted by Gasteiger charge is -2.46. The number of ketones is 1.